The number of amides is 1. The van der Waals surface area contributed by atoms with Gasteiger partial charge in [0, 0.05) is 54.7 Å². The molecule has 11 heteroatoms. The number of anilines is 1. The van der Waals surface area contributed by atoms with Crippen molar-refractivity contribution in [2.75, 3.05) is 31.1 Å². The van der Waals surface area contributed by atoms with Crippen LogP contribution in [0.1, 0.15) is 5.56 Å². The van der Waals surface area contributed by atoms with Crippen LogP contribution in [0.4, 0.5) is 5.82 Å². The molecule has 4 heterocycles. The molecule has 0 bridgehead atoms. The van der Waals surface area contributed by atoms with Crippen LogP contribution in [-0.4, -0.2) is 51.9 Å². The summed E-state index contributed by atoms with van der Waals surface area (Å²) >= 11 is 14.2. The number of rotatable bonds is 4. The van der Waals surface area contributed by atoms with Crippen LogP contribution in [0.3, 0.4) is 0 Å². The Hall–Kier alpha value is -2.85. The summed E-state index contributed by atoms with van der Waals surface area (Å²) in [6.45, 7) is 4.53. The summed E-state index contributed by atoms with van der Waals surface area (Å²) in [4.78, 5) is 32.4. The number of nitrogens with one attached hydrogen (secondary N) is 1. The fourth-order valence-corrected chi connectivity index (χ4v) is 5.04. The Morgan fingerprint density at radius 2 is 1.91 bits per heavy atom. The molecular weight excluding hydrogens is 493 g/mol. The van der Waals surface area contributed by atoms with Crippen molar-refractivity contribution < 1.29 is 9.63 Å². The highest BCUT2D eigenvalue weighted by Gasteiger charge is 2.27. The van der Waals surface area contributed by atoms with Gasteiger partial charge >= 0.3 is 0 Å². The van der Waals surface area contributed by atoms with Gasteiger partial charge in [-0.3, -0.25) is 14.8 Å². The van der Waals surface area contributed by atoms with Crippen LogP contribution in [0.25, 0.3) is 22.5 Å². The molecule has 5 rings (SSSR count). The van der Waals surface area contributed by atoms with Crippen LogP contribution in [0, 0.1) is 6.92 Å². The quantitative estimate of drug-likeness (QED) is 0.408. The van der Waals surface area contributed by atoms with E-state index in [4.69, 9.17) is 33.2 Å². The lowest BCUT2D eigenvalue weighted by molar-refractivity contribution is -0.533. The number of nitrogens with zero attached hydrogens (tertiary/aromatic N) is 5. The minimum atomic E-state index is 0.0183. The standard InChI is InChI=1S/C23H21Cl2N7OS/c1-14-10-15(24)2-3-16(14)21-22(17-4-5-26-11-18(17)25)28-20(12-27-21)31-6-8-32(9-7-31)23(33)19-13-34-30-29-19/h2-5,10-13,29-30H,6-9H2,1H3/p+1. The predicted molar refractivity (Wildman–Crippen MR) is 135 cm³/mol. The van der Waals surface area contributed by atoms with E-state index < -0.39 is 0 Å². The summed E-state index contributed by atoms with van der Waals surface area (Å²) in [6, 6.07) is 7.55. The zero-order valence-electron chi connectivity index (χ0n) is 18.3. The largest absolute Gasteiger partial charge is 0.352 e. The smallest absolute Gasteiger partial charge is 0.276 e. The molecule has 2 aromatic heterocycles. The van der Waals surface area contributed by atoms with E-state index in [-0.39, 0.29) is 5.91 Å². The Morgan fingerprint density at radius 3 is 2.62 bits per heavy atom. The average Bonchev–Trinajstić information content (AvgIpc) is 3.39. The molecule has 0 saturated carbocycles. The summed E-state index contributed by atoms with van der Waals surface area (Å²) < 4.78 is 0. The SMILES string of the molecule is Cc1cc(Cl)ccc1-c1ncc(N2CCN(C(=O)C3=CS[NH2+]N3)CC2)nc1-c1ccncc1Cl. The predicted octanol–water partition coefficient (Wildman–Crippen LogP) is 3.04. The minimum Gasteiger partial charge on any atom is -0.352 e. The first-order valence-electron chi connectivity index (χ1n) is 10.7. The first kappa shape index (κ1) is 22.9. The zero-order valence-corrected chi connectivity index (χ0v) is 20.7. The van der Waals surface area contributed by atoms with E-state index in [1.54, 1.807) is 23.4 Å². The van der Waals surface area contributed by atoms with Crippen LogP contribution in [0.2, 0.25) is 10.0 Å². The monoisotopic (exact) mass is 514 g/mol. The molecule has 0 radical (unpaired) electrons. The maximum Gasteiger partial charge on any atom is 0.276 e. The third-order valence-electron chi connectivity index (χ3n) is 5.82. The Bertz CT molecular complexity index is 1280. The molecule has 1 amide bonds. The highest BCUT2D eigenvalue weighted by atomic mass is 35.5. The number of quaternary nitrogens is 1. The van der Waals surface area contributed by atoms with E-state index in [0.29, 0.717) is 47.6 Å². The van der Waals surface area contributed by atoms with Gasteiger partial charge in [0.05, 0.1) is 22.3 Å². The van der Waals surface area contributed by atoms with E-state index >= 15 is 0 Å². The molecule has 1 saturated heterocycles. The second kappa shape index (κ2) is 9.79. The van der Waals surface area contributed by atoms with Gasteiger partial charge in [-0.1, -0.05) is 29.3 Å². The highest BCUT2D eigenvalue weighted by Crippen LogP contribution is 2.36. The molecule has 174 valence electrons. The Labute approximate surface area is 211 Å². The summed E-state index contributed by atoms with van der Waals surface area (Å²) in [7, 11) is 0. The van der Waals surface area contributed by atoms with Crippen molar-refractivity contribution in [2.45, 2.75) is 6.92 Å². The van der Waals surface area contributed by atoms with Gasteiger partial charge in [-0.25, -0.2) is 10.4 Å². The number of carbonyl (C=O) groups is 1. The molecule has 1 aromatic carbocycles. The zero-order chi connectivity index (χ0) is 23.7. The van der Waals surface area contributed by atoms with Gasteiger partial charge in [0.2, 0.25) is 0 Å². The van der Waals surface area contributed by atoms with Gasteiger partial charge in [-0.2, -0.15) is 4.83 Å². The van der Waals surface area contributed by atoms with Crippen LogP contribution in [-0.2, 0) is 4.79 Å². The molecule has 8 nitrogen and oxygen atoms in total. The highest BCUT2D eigenvalue weighted by molar-refractivity contribution is 7.95. The van der Waals surface area contributed by atoms with Crippen LogP contribution in [0.5, 0.6) is 0 Å². The number of nitrogens with two attached hydrogens (primary N) is 1. The van der Waals surface area contributed by atoms with Gasteiger partial charge in [0.25, 0.3) is 5.91 Å². The van der Waals surface area contributed by atoms with Crippen LogP contribution in [0.15, 0.2) is 54.0 Å². The maximum atomic E-state index is 12.7. The molecule has 2 aliphatic heterocycles. The molecule has 34 heavy (non-hydrogen) atoms. The van der Waals surface area contributed by atoms with Gasteiger partial charge in [0.15, 0.2) is 5.70 Å². The lowest BCUT2D eigenvalue weighted by Crippen LogP contribution is -2.83. The molecule has 2 aliphatic rings. The van der Waals surface area contributed by atoms with Crippen LogP contribution >= 0.6 is 35.1 Å². The van der Waals surface area contributed by atoms with Crippen molar-refractivity contribution in [3.63, 3.8) is 0 Å². The van der Waals surface area contributed by atoms with E-state index in [0.717, 1.165) is 28.2 Å². The number of hydrogen-bond acceptors (Lipinski definition) is 7. The second-order valence-corrected chi connectivity index (χ2v) is 9.54. The van der Waals surface area contributed by atoms with E-state index in [2.05, 4.69) is 15.3 Å². The maximum absolute atomic E-state index is 12.7. The number of halogens is 2. The summed E-state index contributed by atoms with van der Waals surface area (Å²) in [5, 5.41) is 3.01. The van der Waals surface area contributed by atoms with Gasteiger partial charge in [0.1, 0.15) is 23.5 Å². The van der Waals surface area contributed by atoms with Gasteiger partial charge in [-0.15, -0.1) is 0 Å². The lowest BCUT2D eigenvalue weighted by atomic mass is 10.0. The number of aryl methyl sites for hydroxylation is 1. The molecule has 0 atom stereocenters. The minimum absolute atomic E-state index is 0.0183. The fraction of sp³-hybridized carbons (Fsp3) is 0.217. The van der Waals surface area contributed by atoms with Crippen molar-refractivity contribution in [3.8, 4) is 22.5 Å². The van der Waals surface area contributed by atoms with Crippen molar-refractivity contribution in [2.24, 2.45) is 0 Å². The third-order valence-corrected chi connectivity index (χ3v) is 6.98. The number of aromatic nitrogens is 3. The Balaban J connectivity index is 1.46. The number of hydrogen-bond donors (Lipinski definition) is 2. The first-order chi connectivity index (χ1) is 16.5. The lowest BCUT2D eigenvalue weighted by Gasteiger charge is -2.35. The van der Waals surface area contributed by atoms with Crippen molar-refractivity contribution >= 4 is 46.9 Å². The molecule has 0 unspecified atom stereocenters. The first-order valence-corrected chi connectivity index (χ1v) is 12.4. The van der Waals surface area contributed by atoms with Crippen molar-refractivity contribution in [1.29, 1.82) is 0 Å². The number of piperazine rings is 1. The summed E-state index contributed by atoms with van der Waals surface area (Å²) in [5.41, 5.74) is 7.73. The second-order valence-electron chi connectivity index (χ2n) is 7.95. The van der Waals surface area contributed by atoms with Gasteiger partial charge < -0.3 is 9.80 Å². The normalized spacial score (nSPS) is 15.8. The van der Waals surface area contributed by atoms with Crippen LogP contribution < -0.4 is 15.2 Å². The number of carbonyl (C=O) groups excluding carboxylic acids is 1. The van der Waals surface area contributed by atoms with Gasteiger partial charge in [-0.05, 0) is 30.7 Å². The van der Waals surface area contributed by atoms with Crippen molar-refractivity contribution in [1.82, 2.24) is 25.3 Å². The molecule has 3 N–H and O–H groups in total. The molecule has 3 aromatic rings. The topological polar surface area (TPSA) is 90.9 Å². The third kappa shape index (κ3) is 4.56. The summed E-state index contributed by atoms with van der Waals surface area (Å²) in [6.07, 6.45) is 5.08. The molecule has 0 aliphatic carbocycles. The number of pyridine rings is 1. The molecule has 1 fully saturated rings. The Kier molecular flexibility index (Phi) is 6.60. The Morgan fingerprint density at radius 1 is 1.09 bits per heavy atom. The van der Waals surface area contributed by atoms with E-state index in [9.17, 15) is 4.79 Å². The summed E-state index contributed by atoms with van der Waals surface area (Å²) in [5.74, 6) is 0.761. The fourth-order valence-electron chi connectivity index (χ4n) is 4.03. The van der Waals surface area contributed by atoms with E-state index in [1.165, 1.54) is 11.9 Å². The average molecular weight is 515 g/mol. The van der Waals surface area contributed by atoms with Crippen molar-refractivity contribution in [3.05, 3.63) is 69.6 Å². The number of benzene rings is 1. The molecular formula is C23H22Cl2N7OS+. The van der Waals surface area contributed by atoms with E-state index in [1.807, 2.05) is 41.5 Å². The molecule has 0 spiro atoms.